The summed E-state index contributed by atoms with van der Waals surface area (Å²) in [6, 6.07) is 0. The third-order valence-electron chi connectivity index (χ3n) is 5.13. The molecule has 0 spiro atoms. The summed E-state index contributed by atoms with van der Waals surface area (Å²) in [5, 5.41) is 15.1. The van der Waals surface area contributed by atoms with Crippen LogP contribution in [0, 0.1) is 13.8 Å². The van der Waals surface area contributed by atoms with Crippen LogP contribution in [0.3, 0.4) is 0 Å². The van der Waals surface area contributed by atoms with Crippen LogP contribution in [-0.2, 0) is 16.6 Å². The molecule has 1 N–H and O–H groups in total. The molecule has 1 aliphatic heterocycles. The van der Waals surface area contributed by atoms with Gasteiger partial charge >= 0.3 is 0 Å². The number of carbonyl (C=O) groups is 2. The standard InChI is InChI=1S/C19H30N4O3/c1-14-16(15(2)22(5)20-14)7-8-18(25)23-12-6-10-19(26,13-23)11-9-17(24)21(3)4/h7-8,26H,6,9-13H2,1-5H3/b8-7+/t19-/m1/s1. The Morgan fingerprint density at radius 1 is 1.35 bits per heavy atom. The van der Waals surface area contributed by atoms with Crippen molar-refractivity contribution >= 4 is 17.9 Å². The lowest BCUT2D eigenvalue weighted by atomic mass is 9.88. The number of aryl methyl sites for hydroxylation is 2. The molecule has 7 heteroatoms. The van der Waals surface area contributed by atoms with Crippen LogP contribution in [0.2, 0.25) is 0 Å². The number of β-amino-alcohol motifs (C(OH)–C–C–N with tert-alkyl or cyclic N) is 1. The second-order valence-corrected chi connectivity index (χ2v) is 7.42. The highest BCUT2D eigenvalue weighted by Gasteiger charge is 2.35. The lowest BCUT2D eigenvalue weighted by Gasteiger charge is -2.39. The van der Waals surface area contributed by atoms with E-state index < -0.39 is 5.60 Å². The van der Waals surface area contributed by atoms with E-state index in [1.54, 1.807) is 35.8 Å². The Balaban J connectivity index is 2.00. The first-order valence-corrected chi connectivity index (χ1v) is 9.03. The van der Waals surface area contributed by atoms with Crippen LogP contribution in [0.25, 0.3) is 6.08 Å². The highest BCUT2D eigenvalue weighted by Crippen LogP contribution is 2.26. The SMILES string of the molecule is Cc1nn(C)c(C)c1/C=C/C(=O)N1CCC[C@@](O)(CCC(=O)N(C)C)C1. The van der Waals surface area contributed by atoms with Gasteiger partial charge in [-0.25, -0.2) is 0 Å². The predicted molar refractivity (Wildman–Crippen MR) is 100 cm³/mol. The fourth-order valence-electron chi connectivity index (χ4n) is 3.36. The monoisotopic (exact) mass is 362 g/mol. The topological polar surface area (TPSA) is 78.7 Å². The number of carbonyl (C=O) groups excluding carboxylic acids is 2. The van der Waals surface area contributed by atoms with Gasteiger partial charge in [0.1, 0.15) is 0 Å². The minimum atomic E-state index is -0.993. The summed E-state index contributed by atoms with van der Waals surface area (Å²) in [5.41, 5.74) is 1.84. The summed E-state index contributed by atoms with van der Waals surface area (Å²) in [6.07, 6.45) is 5.35. The summed E-state index contributed by atoms with van der Waals surface area (Å²) in [6.45, 7) is 4.77. The molecule has 2 rings (SSSR count). The number of piperidine rings is 1. The molecule has 0 aromatic carbocycles. The van der Waals surface area contributed by atoms with Crippen molar-refractivity contribution in [2.75, 3.05) is 27.2 Å². The molecular weight excluding hydrogens is 332 g/mol. The van der Waals surface area contributed by atoms with Gasteiger partial charge in [-0.05, 0) is 39.2 Å². The molecule has 144 valence electrons. The molecule has 2 amide bonds. The van der Waals surface area contributed by atoms with Gasteiger partial charge in [0, 0.05) is 58.0 Å². The lowest BCUT2D eigenvalue weighted by molar-refractivity contribution is -0.135. The summed E-state index contributed by atoms with van der Waals surface area (Å²) < 4.78 is 1.79. The van der Waals surface area contributed by atoms with Crippen molar-refractivity contribution in [3.05, 3.63) is 23.0 Å². The first-order chi connectivity index (χ1) is 12.1. The molecule has 2 heterocycles. The largest absolute Gasteiger partial charge is 0.388 e. The third kappa shape index (κ3) is 4.72. The van der Waals surface area contributed by atoms with Gasteiger partial charge in [0.15, 0.2) is 0 Å². The molecule has 0 bridgehead atoms. The molecule has 1 fully saturated rings. The smallest absolute Gasteiger partial charge is 0.246 e. The van der Waals surface area contributed by atoms with Gasteiger partial charge in [-0.2, -0.15) is 5.10 Å². The van der Waals surface area contributed by atoms with E-state index in [2.05, 4.69) is 5.10 Å². The second kappa shape index (κ2) is 8.03. The summed E-state index contributed by atoms with van der Waals surface area (Å²) in [7, 11) is 5.29. The Labute approximate surface area is 155 Å². The summed E-state index contributed by atoms with van der Waals surface area (Å²) in [5.74, 6) is -0.131. The van der Waals surface area contributed by atoms with Crippen molar-refractivity contribution in [1.29, 1.82) is 0 Å². The Morgan fingerprint density at radius 2 is 2.04 bits per heavy atom. The van der Waals surface area contributed by atoms with E-state index in [0.29, 0.717) is 19.4 Å². The highest BCUT2D eigenvalue weighted by molar-refractivity contribution is 5.92. The maximum absolute atomic E-state index is 12.6. The van der Waals surface area contributed by atoms with Crippen LogP contribution >= 0.6 is 0 Å². The van der Waals surface area contributed by atoms with Crippen molar-refractivity contribution in [2.24, 2.45) is 7.05 Å². The van der Waals surface area contributed by atoms with E-state index in [-0.39, 0.29) is 24.8 Å². The molecular formula is C19H30N4O3. The molecule has 1 atom stereocenters. The summed E-state index contributed by atoms with van der Waals surface area (Å²) >= 11 is 0. The van der Waals surface area contributed by atoms with Crippen LogP contribution in [-0.4, -0.2) is 69.3 Å². The number of hydrogen-bond acceptors (Lipinski definition) is 4. The van der Waals surface area contributed by atoms with E-state index in [1.165, 1.54) is 4.90 Å². The number of nitrogens with zero attached hydrogens (tertiary/aromatic N) is 4. The average Bonchev–Trinajstić information content (AvgIpc) is 2.82. The van der Waals surface area contributed by atoms with E-state index in [0.717, 1.165) is 23.4 Å². The first kappa shape index (κ1) is 20.2. The minimum Gasteiger partial charge on any atom is -0.388 e. The van der Waals surface area contributed by atoms with Crippen LogP contribution in [0.1, 0.15) is 42.6 Å². The average molecular weight is 362 g/mol. The van der Waals surface area contributed by atoms with Crippen LogP contribution < -0.4 is 0 Å². The predicted octanol–water partition coefficient (Wildman–Crippen LogP) is 1.27. The molecule has 7 nitrogen and oxygen atoms in total. The number of rotatable bonds is 5. The zero-order valence-electron chi connectivity index (χ0n) is 16.4. The Kier molecular flexibility index (Phi) is 6.23. The van der Waals surface area contributed by atoms with Crippen molar-refractivity contribution < 1.29 is 14.7 Å². The third-order valence-corrected chi connectivity index (χ3v) is 5.13. The molecule has 1 aromatic heterocycles. The Bertz CT molecular complexity index is 708. The maximum atomic E-state index is 12.6. The lowest BCUT2D eigenvalue weighted by Crippen LogP contribution is -2.50. The minimum absolute atomic E-state index is 0.00991. The Hall–Kier alpha value is -2.15. The second-order valence-electron chi connectivity index (χ2n) is 7.42. The van der Waals surface area contributed by atoms with Crippen LogP contribution in [0.15, 0.2) is 6.08 Å². The molecule has 0 unspecified atom stereocenters. The van der Waals surface area contributed by atoms with Gasteiger partial charge in [0.2, 0.25) is 11.8 Å². The quantitative estimate of drug-likeness (QED) is 0.800. The zero-order valence-corrected chi connectivity index (χ0v) is 16.4. The van der Waals surface area contributed by atoms with Crippen molar-refractivity contribution in [3.63, 3.8) is 0 Å². The van der Waals surface area contributed by atoms with Crippen LogP contribution in [0.5, 0.6) is 0 Å². The van der Waals surface area contributed by atoms with Crippen molar-refractivity contribution in [3.8, 4) is 0 Å². The molecule has 1 aromatic rings. The Morgan fingerprint density at radius 3 is 2.62 bits per heavy atom. The number of likely N-dealkylation sites (tertiary alicyclic amines) is 1. The number of hydrogen-bond donors (Lipinski definition) is 1. The van der Waals surface area contributed by atoms with Crippen molar-refractivity contribution in [2.45, 2.75) is 45.1 Å². The summed E-state index contributed by atoms with van der Waals surface area (Å²) in [4.78, 5) is 27.5. The van der Waals surface area contributed by atoms with Gasteiger partial charge in [-0.15, -0.1) is 0 Å². The highest BCUT2D eigenvalue weighted by atomic mass is 16.3. The van der Waals surface area contributed by atoms with Crippen molar-refractivity contribution in [1.82, 2.24) is 19.6 Å². The van der Waals surface area contributed by atoms with Gasteiger partial charge in [-0.3, -0.25) is 14.3 Å². The van der Waals surface area contributed by atoms with Gasteiger partial charge < -0.3 is 14.9 Å². The first-order valence-electron chi connectivity index (χ1n) is 9.03. The van der Waals surface area contributed by atoms with Gasteiger partial charge in [0.25, 0.3) is 0 Å². The number of aliphatic hydroxyl groups is 1. The van der Waals surface area contributed by atoms with E-state index in [1.807, 2.05) is 20.9 Å². The van der Waals surface area contributed by atoms with Gasteiger partial charge in [-0.1, -0.05) is 0 Å². The zero-order chi connectivity index (χ0) is 19.5. The van der Waals surface area contributed by atoms with E-state index in [4.69, 9.17) is 0 Å². The molecule has 0 aliphatic carbocycles. The van der Waals surface area contributed by atoms with Gasteiger partial charge in [0.05, 0.1) is 11.3 Å². The molecule has 0 radical (unpaired) electrons. The molecule has 26 heavy (non-hydrogen) atoms. The number of aromatic nitrogens is 2. The van der Waals surface area contributed by atoms with E-state index in [9.17, 15) is 14.7 Å². The fourth-order valence-corrected chi connectivity index (χ4v) is 3.36. The molecule has 1 saturated heterocycles. The van der Waals surface area contributed by atoms with Crippen LogP contribution in [0.4, 0.5) is 0 Å². The maximum Gasteiger partial charge on any atom is 0.246 e. The number of amides is 2. The molecule has 1 aliphatic rings. The molecule has 0 saturated carbocycles. The fraction of sp³-hybridized carbons (Fsp3) is 0.632. The normalized spacial score (nSPS) is 20.6. The van der Waals surface area contributed by atoms with E-state index >= 15 is 0 Å².